The lowest BCUT2D eigenvalue weighted by atomic mass is 9.95. The Balaban J connectivity index is 1.52. The van der Waals surface area contributed by atoms with E-state index < -0.39 is 0 Å². The minimum Gasteiger partial charge on any atom is -0.379 e. The SMILES string of the molecule is CCCC1CCCC(NCCCN2CCOCC2)CC1. The smallest absolute Gasteiger partial charge is 0.0594 e. The summed E-state index contributed by atoms with van der Waals surface area (Å²) in [5, 5.41) is 3.81. The molecule has 1 saturated carbocycles. The molecule has 3 heteroatoms. The van der Waals surface area contributed by atoms with Crippen molar-refractivity contribution in [2.24, 2.45) is 5.92 Å². The molecule has 2 rings (SSSR count). The van der Waals surface area contributed by atoms with Crippen LogP contribution >= 0.6 is 0 Å². The van der Waals surface area contributed by atoms with Crippen LogP contribution in [0.5, 0.6) is 0 Å². The number of hydrogen-bond donors (Lipinski definition) is 1. The lowest BCUT2D eigenvalue weighted by Gasteiger charge is -2.26. The monoisotopic (exact) mass is 282 g/mol. The molecule has 0 radical (unpaired) electrons. The van der Waals surface area contributed by atoms with Crippen LogP contribution in [-0.2, 0) is 4.74 Å². The molecule has 1 saturated heterocycles. The normalized spacial score (nSPS) is 29.2. The molecule has 118 valence electrons. The van der Waals surface area contributed by atoms with E-state index in [-0.39, 0.29) is 0 Å². The van der Waals surface area contributed by atoms with Gasteiger partial charge in [0, 0.05) is 19.1 Å². The predicted molar refractivity (Wildman–Crippen MR) is 85.1 cm³/mol. The zero-order chi connectivity index (χ0) is 14.0. The van der Waals surface area contributed by atoms with Gasteiger partial charge >= 0.3 is 0 Å². The second-order valence-corrected chi connectivity index (χ2v) is 6.62. The number of hydrogen-bond acceptors (Lipinski definition) is 3. The maximum absolute atomic E-state index is 5.39. The molecule has 1 aliphatic heterocycles. The molecular formula is C17H34N2O. The summed E-state index contributed by atoms with van der Waals surface area (Å²) in [5.41, 5.74) is 0. The van der Waals surface area contributed by atoms with Gasteiger partial charge in [-0.1, -0.05) is 32.6 Å². The summed E-state index contributed by atoms with van der Waals surface area (Å²) in [5.74, 6) is 1.01. The van der Waals surface area contributed by atoms with Gasteiger partial charge in [0.1, 0.15) is 0 Å². The van der Waals surface area contributed by atoms with Crippen molar-refractivity contribution in [1.82, 2.24) is 10.2 Å². The Kier molecular flexibility index (Phi) is 7.92. The molecule has 2 aliphatic rings. The van der Waals surface area contributed by atoms with Crippen LogP contribution in [0, 0.1) is 5.92 Å². The number of nitrogens with zero attached hydrogens (tertiary/aromatic N) is 1. The first-order chi connectivity index (χ1) is 9.88. The van der Waals surface area contributed by atoms with Crippen molar-refractivity contribution in [2.45, 2.75) is 64.3 Å². The van der Waals surface area contributed by atoms with E-state index in [4.69, 9.17) is 4.74 Å². The summed E-state index contributed by atoms with van der Waals surface area (Å²) in [6, 6.07) is 0.793. The molecule has 0 aromatic rings. The van der Waals surface area contributed by atoms with Crippen LogP contribution in [0.4, 0.5) is 0 Å². The van der Waals surface area contributed by atoms with Crippen molar-refractivity contribution < 1.29 is 4.74 Å². The van der Waals surface area contributed by atoms with Crippen LogP contribution in [0.25, 0.3) is 0 Å². The standard InChI is InChI=1S/C17H34N2O/c1-2-5-16-6-3-7-17(9-8-16)18-10-4-11-19-12-14-20-15-13-19/h16-18H,2-15H2,1H3. The van der Waals surface area contributed by atoms with Gasteiger partial charge in [0.15, 0.2) is 0 Å². The van der Waals surface area contributed by atoms with Crippen molar-refractivity contribution in [3.05, 3.63) is 0 Å². The molecule has 1 N–H and O–H groups in total. The van der Waals surface area contributed by atoms with E-state index >= 15 is 0 Å². The van der Waals surface area contributed by atoms with Gasteiger partial charge in [-0.25, -0.2) is 0 Å². The molecule has 20 heavy (non-hydrogen) atoms. The quantitative estimate of drug-likeness (QED) is 0.574. The summed E-state index contributed by atoms with van der Waals surface area (Å²) in [6.07, 6.45) is 11.3. The van der Waals surface area contributed by atoms with Crippen LogP contribution in [-0.4, -0.2) is 50.3 Å². The largest absolute Gasteiger partial charge is 0.379 e. The first kappa shape index (κ1) is 16.3. The molecule has 0 aromatic heterocycles. The van der Waals surface area contributed by atoms with E-state index in [0.29, 0.717) is 0 Å². The van der Waals surface area contributed by atoms with Gasteiger partial charge in [0.05, 0.1) is 13.2 Å². The maximum atomic E-state index is 5.39. The van der Waals surface area contributed by atoms with Gasteiger partial charge in [-0.3, -0.25) is 4.90 Å². The molecule has 2 fully saturated rings. The Morgan fingerprint density at radius 2 is 1.95 bits per heavy atom. The van der Waals surface area contributed by atoms with Crippen LogP contribution in [0.2, 0.25) is 0 Å². The number of ether oxygens (including phenoxy) is 1. The molecule has 0 aromatic carbocycles. The van der Waals surface area contributed by atoms with Gasteiger partial charge < -0.3 is 10.1 Å². The van der Waals surface area contributed by atoms with E-state index in [0.717, 1.165) is 38.3 Å². The summed E-state index contributed by atoms with van der Waals surface area (Å²) in [4.78, 5) is 2.54. The number of morpholine rings is 1. The summed E-state index contributed by atoms with van der Waals surface area (Å²) < 4.78 is 5.39. The fourth-order valence-corrected chi connectivity index (χ4v) is 3.71. The zero-order valence-electron chi connectivity index (χ0n) is 13.4. The second-order valence-electron chi connectivity index (χ2n) is 6.62. The van der Waals surface area contributed by atoms with E-state index in [1.54, 1.807) is 0 Å². The van der Waals surface area contributed by atoms with Crippen LogP contribution in [0.1, 0.15) is 58.3 Å². The van der Waals surface area contributed by atoms with E-state index in [2.05, 4.69) is 17.1 Å². The van der Waals surface area contributed by atoms with Crippen LogP contribution in [0.3, 0.4) is 0 Å². The van der Waals surface area contributed by atoms with Crippen molar-refractivity contribution in [3.63, 3.8) is 0 Å². The second kappa shape index (κ2) is 9.75. The Labute approximate surface area is 125 Å². The third-order valence-corrected chi connectivity index (χ3v) is 4.97. The third kappa shape index (κ3) is 6.11. The van der Waals surface area contributed by atoms with Gasteiger partial charge in [0.2, 0.25) is 0 Å². The van der Waals surface area contributed by atoms with Crippen molar-refractivity contribution in [1.29, 1.82) is 0 Å². The zero-order valence-corrected chi connectivity index (χ0v) is 13.4. The molecule has 1 heterocycles. The molecule has 2 unspecified atom stereocenters. The summed E-state index contributed by atoms with van der Waals surface area (Å²) >= 11 is 0. The Morgan fingerprint density at radius 3 is 2.75 bits per heavy atom. The van der Waals surface area contributed by atoms with E-state index in [9.17, 15) is 0 Å². The molecule has 1 aliphatic carbocycles. The average Bonchev–Trinajstić information content (AvgIpc) is 2.71. The lowest BCUT2D eigenvalue weighted by Crippen LogP contribution is -2.38. The highest BCUT2D eigenvalue weighted by molar-refractivity contribution is 4.75. The van der Waals surface area contributed by atoms with E-state index in [1.165, 1.54) is 64.5 Å². The Morgan fingerprint density at radius 1 is 1.10 bits per heavy atom. The van der Waals surface area contributed by atoms with Gasteiger partial charge in [-0.15, -0.1) is 0 Å². The summed E-state index contributed by atoms with van der Waals surface area (Å²) in [6.45, 7) is 8.86. The van der Waals surface area contributed by atoms with Crippen molar-refractivity contribution in [3.8, 4) is 0 Å². The fraction of sp³-hybridized carbons (Fsp3) is 1.00. The minimum absolute atomic E-state index is 0.793. The fourth-order valence-electron chi connectivity index (χ4n) is 3.71. The van der Waals surface area contributed by atoms with E-state index in [1.807, 2.05) is 0 Å². The van der Waals surface area contributed by atoms with Crippen LogP contribution in [0.15, 0.2) is 0 Å². The molecule has 0 bridgehead atoms. The molecular weight excluding hydrogens is 248 g/mol. The molecule has 3 nitrogen and oxygen atoms in total. The van der Waals surface area contributed by atoms with Crippen molar-refractivity contribution in [2.75, 3.05) is 39.4 Å². The molecule has 2 atom stereocenters. The van der Waals surface area contributed by atoms with Gasteiger partial charge in [-0.05, 0) is 44.7 Å². The van der Waals surface area contributed by atoms with Crippen LogP contribution < -0.4 is 5.32 Å². The maximum Gasteiger partial charge on any atom is 0.0594 e. The predicted octanol–water partition coefficient (Wildman–Crippen LogP) is 3.05. The highest BCUT2D eigenvalue weighted by Gasteiger charge is 2.17. The topological polar surface area (TPSA) is 24.5 Å². The Bertz CT molecular complexity index is 241. The number of rotatable bonds is 7. The first-order valence-corrected chi connectivity index (χ1v) is 8.92. The van der Waals surface area contributed by atoms with Gasteiger partial charge in [-0.2, -0.15) is 0 Å². The first-order valence-electron chi connectivity index (χ1n) is 8.92. The Hall–Kier alpha value is -0.120. The molecule has 0 spiro atoms. The van der Waals surface area contributed by atoms with Crippen molar-refractivity contribution >= 4 is 0 Å². The third-order valence-electron chi connectivity index (χ3n) is 4.97. The highest BCUT2D eigenvalue weighted by Crippen LogP contribution is 2.26. The minimum atomic E-state index is 0.793. The molecule has 0 amide bonds. The lowest BCUT2D eigenvalue weighted by molar-refractivity contribution is 0.0373. The average molecular weight is 282 g/mol. The highest BCUT2D eigenvalue weighted by atomic mass is 16.5. The van der Waals surface area contributed by atoms with Gasteiger partial charge in [0.25, 0.3) is 0 Å². The summed E-state index contributed by atoms with van der Waals surface area (Å²) in [7, 11) is 0. The number of nitrogens with one attached hydrogen (secondary N) is 1.